The minimum absolute atomic E-state index is 0.339. The van der Waals surface area contributed by atoms with Gasteiger partial charge in [-0.2, -0.15) is 0 Å². The fourth-order valence-corrected chi connectivity index (χ4v) is 2.34. The molecule has 0 N–H and O–H groups in total. The molecule has 1 aliphatic rings. The van der Waals surface area contributed by atoms with E-state index >= 15 is 0 Å². The Labute approximate surface area is 60.7 Å². The molecule has 0 aromatic carbocycles. The van der Waals surface area contributed by atoms with Crippen molar-refractivity contribution in [1.82, 2.24) is 4.67 Å². The second-order valence-electron chi connectivity index (χ2n) is 2.30. The van der Waals surface area contributed by atoms with E-state index in [4.69, 9.17) is 9.05 Å². The highest BCUT2D eigenvalue weighted by Gasteiger charge is 2.45. The normalized spacial score (nSPS) is 32.3. The molecular formula is C5H12NO3P. The molecule has 0 aromatic heterocycles. The van der Waals surface area contributed by atoms with Crippen molar-refractivity contribution in [1.29, 1.82) is 0 Å². The van der Waals surface area contributed by atoms with Crippen LogP contribution in [0.25, 0.3) is 0 Å². The molecule has 1 aliphatic heterocycles. The van der Waals surface area contributed by atoms with Crippen molar-refractivity contribution in [2.45, 2.75) is 13.0 Å². The van der Waals surface area contributed by atoms with E-state index < -0.39 is 7.75 Å². The van der Waals surface area contributed by atoms with Crippen molar-refractivity contribution in [3.05, 3.63) is 0 Å². The molecule has 1 heterocycles. The highest BCUT2D eigenvalue weighted by Crippen LogP contribution is 2.56. The summed E-state index contributed by atoms with van der Waals surface area (Å²) in [5, 5.41) is 0. The monoisotopic (exact) mass is 165 g/mol. The van der Waals surface area contributed by atoms with E-state index in [9.17, 15) is 4.57 Å². The van der Waals surface area contributed by atoms with Crippen molar-refractivity contribution in [3.63, 3.8) is 0 Å². The molecule has 60 valence electrons. The van der Waals surface area contributed by atoms with Crippen LogP contribution in [0.15, 0.2) is 0 Å². The standard InChI is InChI=1S/C5H12NO3P/c1-5-4-6(5)10(7,8-2)9-3/h5H,4H2,1-3H3. The maximum atomic E-state index is 11.4. The van der Waals surface area contributed by atoms with E-state index in [1.54, 1.807) is 4.67 Å². The van der Waals surface area contributed by atoms with Gasteiger partial charge in [-0.15, -0.1) is 0 Å². The van der Waals surface area contributed by atoms with Gasteiger partial charge in [0.05, 0.1) is 0 Å². The van der Waals surface area contributed by atoms with Crippen LogP contribution in [0.2, 0.25) is 0 Å². The van der Waals surface area contributed by atoms with E-state index in [0.717, 1.165) is 6.54 Å². The number of hydrogen-bond donors (Lipinski definition) is 0. The average Bonchev–Trinajstić information content (AvgIpc) is 2.66. The lowest BCUT2D eigenvalue weighted by Gasteiger charge is -2.13. The highest BCUT2D eigenvalue weighted by atomic mass is 31.2. The smallest absolute Gasteiger partial charge is 0.300 e. The Bertz CT molecular complexity index is 164. The first-order valence-electron chi connectivity index (χ1n) is 3.12. The Kier molecular flexibility index (Phi) is 2.15. The van der Waals surface area contributed by atoms with Gasteiger partial charge in [-0.3, -0.25) is 9.05 Å². The van der Waals surface area contributed by atoms with Crippen molar-refractivity contribution < 1.29 is 13.6 Å². The molecule has 1 fully saturated rings. The largest absolute Gasteiger partial charge is 0.407 e. The second-order valence-corrected chi connectivity index (χ2v) is 4.49. The first kappa shape index (κ1) is 8.21. The average molecular weight is 165 g/mol. The van der Waals surface area contributed by atoms with Crippen molar-refractivity contribution >= 4 is 7.75 Å². The van der Waals surface area contributed by atoms with Gasteiger partial charge in [0.15, 0.2) is 0 Å². The number of nitrogens with zero attached hydrogens (tertiary/aromatic N) is 1. The van der Waals surface area contributed by atoms with Crippen molar-refractivity contribution in [2.75, 3.05) is 20.8 Å². The maximum Gasteiger partial charge on any atom is 0.407 e. The predicted octanol–water partition coefficient (Wildman–Crippen LogP) is 1.09. The summed E-state index contributed by atoms with van der Waals surface area (Å²) in [7, 11) is -0.0685. The van der Waals surface area contributed by atoms with Crippen LogP contribution in [0.5, 0.6) is 0 Å². The Morgan fingerprint density at radius 2 is 1.90 bits per heavy atom. The van der Waals surface area contributed by atoms with Crippen LogP contribution in [0.4, 0.5) is 0 Å². The van der Waals surface area contributed by atoms with Gasteiger partial charge in [0, 0.05) is 26.8 Å². The Hall–Kier alpha value is 0.110. The van der Waals surface area contributed by atoms with E-state index in [1.807, 2.05) is 6.92 Å². The van der Waals surface area contributed by atoms with Crippen molar-refractivity contribution in [3.8, 4) is 0 Å². The lowest BCUT2D eigenvalue weighted by molar-refractivity contribution is 0.245. The zero-order valence-electron chi connectivity index (χ0n) is 6.40. The highest BCUT2D eigenvalue weighted by molar-refractivity contribution is 7.51. The van der Waals surface area contributed by atoms with Crippen LogP contribution in [0.3, 0.4) is 0 Å². The summed E-state index contributed by atoms with van der Waals surface area (Å²) in [6, 6.07) is 0.339. The van der Waals surface area contributed by atoms with Crippen LogP contribution < -0.4 is 0 Å². The molecule has 0 spiro atoms. The van der Waals surface area contributed by atoms with Crippen molar-refractivity contribution in [2.24, 2.45) is 0 Å². The van der Waals surface area contributed by atoms with Crippen LogP contribution >= 0.6 is 7.75 Å². The van der Waals surface area contributed by atoms with Gasteiger partial charge in [-0.25, -0.2) is 9.24 Å². The molecule has 2 unspecified atom stereocenters. The van der Waals surface area contributed by atoms with Gasteiger partial charge in [0.1, 0.15) is 0 Å². The summed E-state index contributed by atoms with van der Waals surface area (Å²) in [4.78, 5) is 0. The van der Waals surface area contributed by atoms with Gasteiger partial charge in [0.2, 0.25) is 0 Å². The molecule has 1 saturated heterocycles. The Balaban J connectivity index is 2.57. The van der Waals surface area contributed by atoms with Gasteiger partial charge < -0.3 is 0 Å². The summed E-state index contributed by atoms with van der Waals surface area (Å²) in [6.45, 7) is 2.78. The minimum atomic E-state index is -2.86. The summed E-state index contributed by atoms with van der Waals surface area (Å²) < 4.78 is 22.6. The van der Waals surface area contributed by atoms with Gasteiger partial charge >= 0.3 is 7.75 Å². The number of hydrogen-bond acceptors (Lipinski definition) is 3. The third-order valence-electron chi connectivity index (χ3n) is 1.60. The second kappa shape index (κ2) is 2.62. The molecule has 0 saturated carbocycles. The van der Waals surface area contributed by atoms with E-state index in [1.165, 1.54) is 14.2 Å². The topological polar surface area (TPSA) is 38.5 Å². The zero-order valence-corrected chi connectivity index (χ0v) is 7.30. The molecule has 1 rings (SSSR count). The Morgan fingerprint density at radius 1 is 1.50 bits per heavy atom. The van der Waals surface area contributed by atoms with E-state index in [-0.39, 0.29) is 0 Å². The summed E-state index contributed by atoms with van der Waals surface area (Å²) in [5.41, 5.74) is 0. The first-order valence-corrected chi connectivity index (χ1v) is 4.62. The fraction of sp³-hybridized carbons (Fsp3) is 1.00. The fourth-order valence-electron chi connectivity index (χ4n) is 0.849. The molecule has 10 heavy (non-hydrogen) atoms. The molecule has 2 atom stereocenters. The third-order valence-corrected chi connectivity index (χ3v) is 3.71. The summed E-state index contributed by atoms with van der Waals surface area (Å²) in [5.74, 6) is 0. The summed E-state index contributed by atoms with van der Waals surface area (Å²) >= 11 is 0. The lowest BCUT2D eigenvalue weighted by atomic mass is 10.6. The van der Waals surface area contributed by atoms with Gasteiger partial charge in [0.25, 0.3) is 0 Å². The van der Waals surface area contributed by atoms with Crippen LogP contribution in [-0.4, -0.2) is 31.5 Å². The maximum absolute atomic E-state index is 11.4. The molecule has 0 amide bonds. The zero-order chi connectivity index (χ0) is 7.78. The number of rotatable bonds is 3. The van der Waals surface area contributed by atoms with Crippen LogP contribution in [0.1, 0.15) is 6.92 Å². The lowest BCUT2D eigenvalue weighted by Crippen LogP contribution is -2.00. The van der Waals surface area contributed by atoms with Crippen LogP contribution in [-0.2, 0) is 13.6 Å². The molecule has 4 nitrogen and oxygen atoms in total. The predicted molar refractivity (Wildman–Crippen MR) is 37.8 cm³/mol. The van der Waals surface area contributed by atoms with E-state index in [0.29, 0.717) is 6.04 Å². The van der Waals surface area contributed by atoms with Gasteiger partial charge in [-0.05, 0) is 6.92 Å². The van der Waals surface area contributed by atoms with Crippen LogP contribution in [0, 0.1) is 0 Å². The SMILES string of the molecule is COP(=O)(OC)N1CC1C. The summed E-state index contributed by atoms with van der Waals surface area (Å²) in [6.07, 6.45) is 0. The molecule has 5 heteroatoms. The third kappa shape index (κ3) is 1.25. The Morgan fingerprint density at radius 3 is 2.00 bits per heavy atom. The molecule has 0 aromatic rings. The quantitative estimate of drug-likeness (QED) is 0.463. The molecular weight excluding hydrogens is 153 g/mol. The minimum Gasteiger partial charge on any atom is -0.300 e. The van der Waals surface area contributed by atoms with E-state index in [2.05, 4.69) is 0 Å². The molecule has 0 radical (unpaired) electrons. The molecule has 0 bridgehead atoms. The first-order chi connectivity index (χ1) is 4.64. The molecule has 0 aliphatic carbocycles. The van der Waals surface area contributed by atoms with Gasteiger partial charge in [-0.1, -0.05) is 0 Å².